The van der Waals surface area contributed by atoms with Gasteiger partial charge in [-0.25, -0.2) is 0 Å². The molecule has 5 aromatic rings. The number of H-pyrrole nitrogens is 2. The molecule has 3 heteroatoms. The van der Waals surface area contributed by atoms with E-state index in [2.05, 4.69) is 119 Å². The molecular weight excluding hydrogens is 455 g/mol. The van der Waals surface area contributed by atoms with Gasteiger partial charge in [-0.3, -0.25) is 0 Å². The maximum absolute atomic E-state index is 3.61. The van der Waals surface area contributed by atoms with Gasteiger partial charge in [-0.05, 0) is 77.4 Å². The fourth-order valence-electron chi connectivity index (χ4n) is 4.50. The van der Waals surface area contributed by atoms with E-state index in [-0.39, 0.29) is 5.92 Å². The summed E-state index contributed by atoms with van der Waals surface area (Å²) in [5.41, 5.74) is 8.92. The molecule has 2 heterocycles. The first kappa shape index (κ1) is 17.6. The second-order valence-electron chi connectivity index (χ2n) is 7.41. The van der Waals surface area contributed by atoms with E-state index in [0.717, 1.165) is 0 Å². The summed E-state index contributed by atoms with van der Waals surface area (Å²) in [6.07, 6.45) is 0. The van der Waals surface area contributed by atoms with Gasteiger partial charge in [0.05, 0.1) is 0 Å². The highest BCUT2D eigenvalue weighted by Crippen LogP contribution is 2.42. The van der Waals surface area contributed by atoms with Crippen molar-refractivity contribution >= 4 is 44.4 Å². The van der Waals surface area contributed by atoms with Crippen LogP contribution in [0.15, 0.2) is 72.8 Å². The Hall–Kier alpha value is -2.53. The molecule has 0 fully saturated rings. The third kappa shape index (κ3) is 2.76. The van der Waals surface area contributed by atoms with Crippen LogP contribution in [0.2, 0.25) is 0 Å². The van der Waals surface area contributed by atoms with Gasteiger partial charge in [0, 0.05) is 42.7 Å². The lowest BCUT2D eigenvalue weighted by atomic mass is 9.82. The van der Waals surface area contributed by atoms with Gasteiger partial charge in [-0.15, -0.1) is 0 Å². The van der Waals surface area contributed by atoms with E-state index in [0.29, 0.717) is 0 Å². The van der Waals surface area contributed by atoms with E-state index in [1.165, 1.54) is 53.5 Å². The van der Waals surface area contributed by atoms with Crippen LogP contribution < -0.4 is 0 Å². The summed E-state index contributed by atoms with van der Waals surface area (Å²) < 4.78 is 1.26. The average molecular weight is 476 g/mol. The van der Waals surface area contributed by atoms with Crippen LogP contribution in [0, 0.1) is 17.4 Å². The molecule has 0 unspecified atom stereocenters. The molecule has 0 saturated carbocycles. The van der Waals surface area contributed by atoms with Crippen molar-refractivity contribution in [3.05, 3.63) is 104 Å². The molecule has 138 valence electrons. The fraction of sp³-hybridized carbons (Fsp3) is 0.120. The Morgan fingerprint density at radius 2 is 1.21 bits per heavy atom. The summed E-state index contributed by atoms with van der Waals surface area (Å²) in [7, 11) is 0. The normalized spacial score (nSPS) is 11.7. The highest BCUT2D eigenvalue weighted by Gasteiger charge is 2.27. The Morgan fingerprint density at radius 3 is 1.75 bits per heavy atom. The first-order valence-corrected chi connectivity index (χ1v) is 10.6. The molecular formula is C25H21IN2. The summed E-state index contributed by atoms with van der Waals surface area (Å²) in [5, 5.41) is 2.60. The molecule has 3 aromatic carbocycles. The number of aromatic amines is 2. The Labute approximate surface area is 178 Å². The number of rotatable bonds is 3. The van der Waals surface area contributed by atoms with Gasteiger partial charge in [0.1, 0.15) is 0 Å². The molecule has 0 spiro atoms. The monoisotopic (exact) mass is 476 g/mol. The number of hydrogen-bond acceptors (Lipinski definition) is 0. The lowest BCUT2D eigenvalue weighted by Crippen LogP contribution is -2.06. The van der Waals surface area contributed by atoms with Crippen LogP contribution >= 0.6 is 22.6 Å². The molecule has 0 aliphatic carbocycles. The Kier molecular flexibility index (Phi) is 4.27. The highest BCUT2D eigenvalue weighted by atomic mass is 127. The number of benzene rings is 3. The van der Waals surface area contributed by atoms with Crippen molar-refractivity contribution in [2.24, 2.45) is 0 Å². The standard InChI is InChI=1S/C25H21IN2/c1-15-23(19-10-3-5-12-21(19)27-15)25(17-8-7-9-18(26)14-17)24-16(2)28-22-13-6-4-11-20(22)24/h3-14,25,27-28H,1-2H3. The van der Waals surface area contributed by atoms with Gasteiger partial charge in [0.15, 0.2) is 0 Å². The Bertz CT molecular complexity index is 1230. The minimum absolute atomic E-state index is 0.169. The molecule has 0 aliphatic rings. The van der Waals surface area contributed by atoms with Crippen molar-refractivity contribution in [3.63, 3.8) is 0 Å². The Balaban J connectivity index is 1.88. The van der Waals surface area contributed by atoms with Gasteiger partial charge in [-0.1, -0.05) is 48.5 Å². The molecule has 2 aromatic heterocycles. The summed E-state index contributed by atoms with van der Waals surface area (Å²) in [4.78, 5) is 7.22. The third-order valence-corrected chi connectivity index (χ3v) is 6.32. The zero-order valence-corrected chi connectivity index (χ0v) is 18.0. The van der Waals surface area contributed by atoms with E-state index in [1.807, 2.05) is 0 Å². The largest absolute Gasteiger partial charge is 0.358 e. The molecule has 0 radical (unpaired) electrons. The van der Waals surface area contributed by atoms with E-state index in [4.69, 9.17) is 0 Å². The average Bonchev–Trinajstić information content (AvgIpc) is 3.19. The minimum Gasteiger partial charge on any atom is -0.358 e. The predicted octanol–water partition coefficient (Wildman–Crippen LogP) is 7.05. The molecule has 0 amide bonds. The summed E-state index contributed by atoms with van der Waals surface area (Å²) in [6, 6.07) is 26.2. The van der Waals surface area contributed by atoms with Crippen LogP contribution in [-0.4, -0.2) is 9.97 Å². The van der Waals surface area contributed by atoms with E-state index in [1.54, 1.807) is 0 Å². The fourth-order valence-corrected chi connectivity index (χ4v) is 5.07. The summed E-state index contributed by atoms with van der Waals surface area (Å²) >= 11 is 2.41. The third-order valence-electron chi connectivity index (χ3n) is 5.65. The number of nitrogens with one attached hydrogen (secondary N) is 2. The quantitative estimate of drug-likeness (QED) is 0.262. The van der Waals surface area contributed by atoms with Gasteiger partial charge in [0.25, 0.3) is 0 Å². The number of hydrogen-bond donors (Lipinski definition) is 2. The zero-order chi connectivity index (χ0) is 19.3. The maximum atomic E-state index is 3.61. The van der Waals surface area contributed by atoms with Crippen LogP contribution in [0.25, 0.3) is 21.8 Å². The van der Waals surface area contributed by atoms with Crippen molar-refractivity contribution in [1.82, 2.24) is 9.97 Å². The number of para-hydroxylation sites is 2. The van der Waals surface area contributed by atoms with E-state index in [9.17, 15) is 0 Å². The topological polar surface area (TPSA) is 31.6 Å². The Morgan fingerprint density at radius 1 is 0.679 bits per heavy atom. The molecule has 0 bridgehead atoms. The molecule has 2 N–H and O–H groups in total. The number of halogens is 1. The highest BCUT2D eigenvalue weighted by molar-refractivity contribution is 14.1. The first-order valence-electron chi connectivity index (χ1n) is 9.53. The van der Waals surface area contributed by atoms with Gasteiger partial charge in [-0.2, -0.15) is 0 Å². The van der Waals surface area contributed by atoms with Crippen LogP contribution in [-0.2, 0) is 0 Å². The number of aryl methyl sites for hydroxylation is 2. The van der Waals surface area contributed by atoms with Crippen molar-refractivity contribution < 1.29 is 0 Å². The summed E-state index contributed by atoms with van der Waals surface area (Å²) in [5.74, 6) is 0.169. The molecule has 2 nitrogen and oxygen atoms in total. The van der Waals surface area contributed by atoms with Crippen LogP contribution in [0.4, 0.5) is 0 Å². The maximum Gasteiger partial charge on any atom is 0.0459 e. The molecule has 28 heavy (non-hydrogen) atoms. The van der Waals surface area contributed by atoms with Gasteiger partial charge in [0.2, 0.25) is 0 Å². The van der Waals surface area contributed by atoms with Crippen molar-refractivity contribution in [1.29, 1.82) is 0 Å². The minimum atomic E-state index is 0.169. The predicted molar refractivity (Wildman–Crippen MR) is 126 cm³/mol. The zero-order valence-electron chi connectivity index (χ0n) is 15.9. The van der Waals surface area contributed by atoms with E-state index < -0.39 is 0 Å². The van der Waals surface area contributed by atoms with Crippen LogP contribution in [0.3, 0.4) is 0 Å². The lowest BCUT2D eigenvalue weighted by Gasteiger charge is -2.20. The SMILES string of the molecule is Cc1[nH]c2ccccc2c1C(c1cccc(I)c1)c1c(C)[nH]c2ccccc12. The smallest absolute Gasteiger partial charge is 0.0459 e. The second-order valence-corrected chi connectivity index (χ2v) is 8.65. The molecule has 5 rings (SSSR count). The van der Waals surface area contributed by atoms with Crippen molar-refractivity contribution in [2.75, 3.05) is 0 Å². The van der Waals surface area contributed by atoms with Crippen LogP contribution in [0.1, 0.15) is 34.0 Å². The first-order chi connectivity index (χ1) is 13.6. The summed E-state index contributed by atoms with van der Waals surface area (Å²) in [6.45, 7) is 4.39. The van der Waals surface area contributed by atoms with Gasteiger partial charge < -0.3 is 9.97 Å². The van der Waals surface area contributed by atoms with Gasteiger partial charge >= 0.3 is 0 Å². The van der Waals surface area contributed by atoms with Crippen LogP contribution in [0.5, 0.6) is 0 Å². The molecule has 0 saturated heterocycles. The molecule has 0 aliphatic heterocycles. The molecule has 0 atom stereocenters. The lowest BCUT2D eigenvalue weighted by molar-refractivity contribution is 0.960. The van der Waals surface area contributed by atoms with E-state index >= 15 is 0 Å². The number of aromatic nitrogens is 2. The van der Waals surface area contributed by atoms with Crippen molar-refractivity contribution in [3.8, 4) is 0 Å². The second kappa shape index (κ2) is 6.82. The van der Waals surface area contributed by atoms with Crippen molar-refractivity contribution in [2.45, 2.75) is 19.8 Å². The number of fused-ring (bicyclic) bond motifs is 2.